The van der Waals surface area contributed by atoms with Gasteiger partial charge in [0.05, 0.1) is 43.1 Å². The van der Waals surface area contributed by atoms with E-state index in [1.54, 1.807) is 12.1 Å². The number of ether oxygens (including phenoxy) is 2. The molecule has 2 N–H and O–H groups in total. The quantitative estimate of drug-likeness (QED) is 0.308. The van der Waals surface area contributed by atoms with E-state index in [4.69, 9.17) is 9.47 Å². The molecule has 6 atom stereocenters. The van der Waals surface area contributed by atoms with Crippen molar-refractivity contribution in [2.45, 2.75) is 31.1 Å². The van der Waals surface area contributed by atoms with Crippen molar-refractivity contribution in [2.24, 2.45) is 23.7 Å². The molecular weight excluding hydrogens is 586 g/mol. The highest BCUT2D eigenvalue weighted by molar-refractivity contribution is 6.13. The molecular formula is C36H35N3O7. The van der Waals surface area contributed by atoms with Crippen LogP contribution in [0.25, 0.3) is 0 Å². The number of nitrogens with one attached hydrogen (secondary N) is 1. The van der Waals surface area contributed by atoms with Gasteiger partial charge in [-0.2, -0.15) is 5.01 Å². The lowest BCUT2D eigenvalue weighted by molar-refractivity contribution is -0.140. The van der Waals surface area contributed by atoms with Gasteiger partial charge in [0.1, 0.15) is 0 Å². The van der Waals surface area contributed by atoms with Gasteiger partial charge in [0.25, 0.3) is 11.8 Å². The van der Waals surface area contributed by atoms with Gasteiger partial charge in [0.2, 0.25) is 17.6 Å². The molecule has 10 nitrogen and oxygen atoms in total. The van der Waals surface area contributed by atoms with Gasteiger partial charge in [0, 0.05) is 13.0 Å². The maximum Gasteiger partial charge on any atom is 0.260 e. The Kier molecular flexibility index (Phi) is 6.91. The normalized spacial score (nSPS) is 28.4. The lowest BCUT2D eigenvalue weighted by Crippen LogP contribution is -2.53. The maximum absolute atomic E-state index is 15.1. The van der Waals surface area contributed by atoms with E-state index in [9.17, 15) is 19.5 Å². The predicted molar refractivity (Wildman–Crippen MR) is 168 cm³/mol. The van der Waals surface area contributed by atoms with Gasteiger partial charge >= 0.3 is 0 Å². The second kappa shape index (κ2) is 10.8. The number of phenolic OH excluding ortho intramolecular Hbond substituents is 1. The Balaban J connectivity index is 1.50. The van der Waals surface area contributed by atoms with Crippen molar-refractivity contribution in [2.75, 3.05) is 26.7 Å². The third-order valence-electron chi connectivity index (χ3n) is 10.4. The highest BCUT2D eigenvalue weighted by atomic mass is 16.5. The van der Waals surface area contributed by atoms with Crippen LogP contribution >= 0.6 is 0 Å². The number of allylic oxidation sites excluding steroid dienone is 2. The average Bonchev–Trinajstić information content (AvgIpc) is 3.42. The summed E-state index contributed by atoms with van der Waals surface area (Å²) in [5, 5.41) is 12.0. The van der Waals surface area contributed by atoms with Crippen molar-refractivity contribution < 1.29 is 33.8 Å². The van der Waals surface area contributed by atoms with Crippen LogP contribution in [-0.2, 0) is 24.6 Å². The Morgan fingerprint density at radius 2 is 1.52 bits per heavy atom. The van der Waals surface area contributed by atoms with E-state index >= 15 is 4.79 Å². The lowest BCUT2D eigenvalue weighted by atomic mass is 9.49. The van der Waals surface area contributed by atoms with E-state index in [-0.39, 0.29) is 35.5 Å². The molecule has 0 radical (unpaired) electrons. The summed E-state index contributed by atoms with van der Waals surface area (Å²) in [4.78, 5) is 57.8. The number of amides is 4. The monoisotopic (exact) mass is 621 g/mol. The molecule has 2 saturated heterocycles. The zero-order valence-electron chi connectivity index (χ0n) is 26.0. The molecule has 3 fully saturated rings. The fourth-order valence-corrected chi connectivity index (χ4v) is 8.36. The van der Waals surface area contributed by atoms with Gasteiger partial charge < -0.3 is 14.6 Å². The largest absolute Gasteiger partial charge is 0.502 e. The van der Waals surface area contributed by atoms with Crippen molar-refractivity contribution in [3.63, 3.8) is 0 Å². The number of imide groups is 2. The Morgan fingerprint density at radius 3 is 2.15 bits per heavy atom. The van der Waals surface area contributed by atoms with Crippen molar-refractivity contribution in [1.29, 1.82) is 0 Å². The standard InChI is InChI=1S/C36H35N3O7/c1-19-10-12-22(13-11-19)37-39-33(42)26-18-25-23(14-15-24-29(25)34(43)38(2)32(24)41)30(20-16-27(45-3)31(40)28(17-20)46-4)36(26,35(39)44)21-8-6-5-7-9-21/h5-14,16-17,24-26,29-30,37,40H,15,18H2,1-4H3. The second-order valence-corrected chi connectivity index (χ2v) is 12.6. The Hall–Kier alpha value is -5.12. The van der Waals surface area contributed by atoms with Crippen LogP contribution in [0.4, 0.5) is 5.69 Å². The first-order chi connectivity index (χ1) is 22.1. The van der Waals surface area contributed by atoms with Gasteiger partial charge in [-0.1, -0.05) is 59.7 Å². The fraction of sp³-hybridized carbons (Fsp3) is 0.333. The summed E-state index contributed by atoms with van der Waals surface area (Å²) in [6, 6.07) is 20.0. The molecule has 10 heteroatoms. The molecule has 0 bridgehead atoms. The number of hydrazine groups is 1. The molecule has 236 valence electrons. The Labute approximate surface area is 266 Å². The van der Waals surface area contributed by atoms with Crippen LogP contribution in [0.5, 0.6) is 17.2 Å². The second-order valence-electron chi connectivity index (χ2n) is 12.6. The van der Waals surface area contributed by atoms with Crippen LogP contribution < -0.4 is 14.9 Å². The smallest absolute Gasteiger partial charge is 0.260 e. The molecule has 6 unspecified atom stereocenters. The fourth-order valence-electron chi connectivity index (χ4n) is 8.36. The van der Waals surface area contributed by atoms with E-state index in [0.29, 0.717) is 23.2 Å². The summed E-state index contributed by atoms with van der Waals surface area (Å²) in [6.45, 7) is 1.95. The molecule has 0 aromatic heterocycles. The van der Waals surface area contributed by atoms with Crippen LogP contribution in [-0.4, -0.2) is 59.9 Å². The minimum atomic E-state index is -1.43. The molecule has 2 aliphatic carbocycles. The van der Waals surface area contributed by atoms with Crippen molar-refractivity contribution >= 4 is 29.3 Å². The average molecular weight is 622 g/mol. The third kappa shape index (κ3) is 4.01. The number of aromatic hydroxyl groups is 1. The van der Waals surface area contributed by atoms with E-state index < -0.39 is 46.8 Å². The van der Waals surface area contributed by atoms with Gasteiger partial charge in [-0.05, 0) is 61.1 Å². The zero-order chi connectivity index (χ0) is 32.5. The molecule has 4 aliphatic rings. The molecule has 4 amide bonds. The SMILES string of the molecule is COc1cc(C2C3=CCC4C(=O)N(C)C(=O)C4C3CC3C(=O)N(Nc4ccc(C)cc4)C(=O)C32c2ccccc2)cc(OC)c1O. The summed E-state index contributed by atoms with van der Waals surface area (Å²) in [7, 11) is 4.36. The maximum atomic E-state index is 15.1. The van der Waals surface area contributed by atoms with Crippen LogP contribution in [0.15, 0.2) is 78.4 Å². The summed E-state index contributed by atoms with van der Waals surface area (Å²) in [5.41, 5.74) is 5.30. The molecule has 3 aromatic rings. The van der Waals surface area contributed by atoms with Gasteiger partial charge in [-0.25, -0.2) is 0 Å². The summed E-state index contributed by atoms with van der Waals surface area (Å²) >= 11 is 0. The minimum absolute atomic E-state index is 0.142. The number of hydrogen-bond donors (Lipinski definition) is 2. The number of nitrogens with zero attached hydrogens (tertiary/aromatic N) is 2. The number of likely N-dealkylation sites (tertiary alicyclic amines) is 1. The van der Waals surface area contributed by atoms with E-state index in [1.807, 2.05) is 67.6 Å². The molecule has 2 aliphatic heterocycles. The lowest BCUT2D eigenvalue weighted by Gasteiger charge is -2.50. The number of carbonyl (C=O) groups is 4. The van der Waals surface area contributed by atoms with Crippen LogP contribution in [0.3, 0.4) is 0 Å². The number of phenols is 1. The molecule has 46 heavy (non-hydrogen) atoms. The van der Waals surface area contributed by atoms with Gasteiger partial charge in [-0.15, -0.1) is 0 Å². The molecule has 1 saturated carbocycles. The molecule has 0 spiro atoms. The summed E-state index contributed by atoms with van der Waals surface area (Å²) in [6.07, 6.45) is 2.52. The minimum Gasteiger partial charge on any atom is -0.502 e. The highest BCUT2D eigenvalue weighted by Crippen LogP contribution is 2.64. The first-order valence-electron chi connectivity index (χ1n) is 15.4. The number of benzene rings is 3. The number of aryl methyl sites for hydroxylation is 1. The van der Waals surface area contributed by atoms with E-state index in [2.05, 4.69) is 5.43 Å². The third-order valence-corrected chi connectivity index (χ3v) is 10.4. The van der Waals surface area contributed by atoms with Crippen molar-refractivity contribution in [3.05, 3.63) is 95.1 Å². The number of methoxy groups -OCH3 is 2. The number of carbonyl (C=O) groups excluding carboxylic acids is 4. The van der Waals surface area contributed by atoms with E-state index in [0.717, 1.165) is 16.1 Å². The topological polar surface area (TPSA) is 125 Å². The molecule has 2 heterocycles. The Bertz CT molecular complexity index is 1780. The van der Waals surface area contributed by atoms with E-state index in [1.165, 1.54) is 26.2 Å². The van der Waals surface area contributed by atoms with Crippen LogP contribution in [0.1, 0.15) is 35.4 Å². The van der Waals surface area contributed by atoms with Crippen molar-refractivity contribution in [3.8, 4) is 17.2 Å². The zero-order valence-corrected chi connectivity index (χ0v) is 26.0. The van der Waals surface area contributed by atoms with Crippen molar-refractivity contribution in [1.82, 2.24) is 9.91 Å². The molecule has 7 rings (SSSR count). The first-order valence-corrected chi connectivity index (χ1v) is 15.4. The summed E-state index contributed by atoms with van der Waals surface area (Å²) in [5.74, 6) is -4.58. The highest BCUT2D eigenvalue weighted by Gasteiger charge is 2.70. The van der Waals surface area contributed by atoms with Gasteiger partial charge in [-0.3, -0.25) is 29.5 Å². The first kappa shape index (κ1) is 29.6. The number of rotatable bonds is 6. The van der Waals surface area contributed by atoms with Gasteiger partial charge in [0.15, 0.2) is 11.5 Å². The number of anilines is 1. The Morgan fingerprint density at radius 1 is 0.870 bits per heavy atom. The summed E-state index contributed by atoms with van der Waals surface area (Å²) < 4.78 is 11.1. The number of hydrogen-bond acceptors (Lipinski definition) is 8. The van der Waals surface area contributed by atoms with Crippen LogP contribution in [0.2, 0.25) is 0 Å². The number of fused-ring (bicyclic) bond motifs is 4. The molecule has 3 aromatic carbocycles. The van der Waals surface area contributed by atoms with Crippen LogP contribution in [0, 0.1) is 30.6 Å². The predicted octanol–water partition coefficient (Wildman–Crippen LogP) is 4.33.